The van der Waals surface area contributed by atoms with Crippen LogP contribution in [0.5, 0.6) is 0 Å². The number of nitrogens with zero attached hydrogens (tertiary/aromatic N) is 3. The lowest BCUT2D eigenvalue weighted by atomic mass is 10.2. The second kappa shape index (κ2) is 8.45. The van der Waals surface area contributed by atoms with Crippen molar-refractivity contribution in [1.29, 1.82) is 5.26 Å². The molecule has 1 aliphatic rings. The van der Waals surface area contributed by atoms with Gasteiger partial charge in [-0.3, -0.25) is 4.90 Å². The van der Waals surface area contributed by atoms with Gasteiger partial charge in [-0.05, 0) is 30.2 Å². The number of amides is 2. The standard InChI is InChI=1S/C20H21FN4O/c21-18-7-8-19(17(13-18)14-22)23-20(26)25-10-4-9-24(11-12-25)15-16-5-2-1-3-6-16/h1-3,5-8,13H,4,9-12,15H2,(H,23,26). The molecule has 134 valence electrons. The monoisotopic (exact) mass is 352 g/mol. The van der Waals surface area contributed by atoms with Crippen LogP contribution in [0.25, 0.3) is 0 Å². The van der Waals surface area contributed by atoms with Crippen LogP contribution < -0.4 is 5.32 Å². The van der Waals surface area contributed by atoms with Gasteiger partial charge in [0.25, 0.3) is 0 Å². The third kappa shape index (κ3) is 4.58. The van der Waals surface area contributed by atoms with E-state index in [9.17, 15) is 9.18 Å². The topological polar surface area (TPSA) is 59.4 Å². The highest BCUT2D eigenvalue weighted by Crippen LogP contribution is 2.17. The Bertz CT molecular complexity index is 803. The maximum absolute atomic E-state index is 13.2. The van der Waals surface area contributed by atoms with Crippen molar-refractivity contribution in [2.75, 3.05) is 31.5 Å². The zero-order valence-corrected chi connectivity index (χ0v) is 14.5. The van der Waals surface area contributed by atoms with Crippen molar-refractivity contribution in [2.45, 2.75) is 13.0 Å². The summed E-state index contributed by atoms with van der Waals surface area (Å²) in [7, 11) is 0. The van der Waals surface area contributed by atoms with Gasteiger partial charge < -0.3 is 10.2 Å². The fourth-order valence-corrected chi connectivity index (χ4v) is 3.09. The van der Waals surface area contributed by atoms with E-state index in [2.05, 4.69) is 22.3 Å². The Kier molecular flexibility index (Phi) is 5.82. The SMILES string of the molecule is N#Cc1cc(F)ccc1NC(=O)N1CCCN(Cc2ccccc2)CC1. The van der Waals surface area contributed by atoms with E-state index < -0.39 is 5.82 Å². The minimum absolute atomic E-state index is 0.124. The number of benzene rings is 2. The van der Waals surface area contributed by atoms with Gasteiger partial charge in [0.15, 0.2) is 0 Å². The van der Waals surface area contributed by atoms with Gasteiger partial charge in [-0.15, -0.1) is 0 Å². The first kappa shape index (κ1) is 17.9. The number of carbonyl (C=O) groups is 1. The number of anilines is 1. The Labute approximate surface area is 152 Å². The Balaban J connectivity index is 1.59. The molecule has 2 aromatic carbocycles. The number of hydrogen-bond donors (Lipinski definition) is 1. The normalized spacial score (nSPS) is 15.2. The van der Waals surface area contributed by atoms with Crippen LogP contribution in [0.4, 0.5) is 14.9 Å². The van der Waals surface area contributed by atoms with Gasteiger partial charge in [0.2, 0.25) is 0 Å². The fourth-order valence-electron chi connectivity index (χ4n) is 3.09. The average molecular weight is 352 g/mol. The van der Waals surface area contributed by atoms with Crippen molar-refractivity contribution >= 4 is 11.7 Å². The fraction of sp³-hybridized carbons (Fsp3) is 0.300. The van der Waals surface area contributed by atoms with Gasteiger partial charge in [0.1, 0.15) is 11.9 Å². The summed E-state index contributed by atoms with van der Waals surface area (Å²) in [6.45, 7) is 3.85. The highest BCUT2D eigenvalue weighted by Gasteiger charge is 2.20. The van der Waals surface area contributed by atoms with Crippen molar-refractivity contribution in [1.82, 2.24) is 9.80 Å². The Morgan fingerprint density at radius 1 is 1.12 bits per heavy atom. The molecule has 1 aliphatic heterocycles. The molecule has 0 aliphatic carbocycles. The quantitative estimate of drug-likeness (QED) is 0.921. The van der Waals surface area contributed by atoms with Crippen LogP contribution >= 0.6 is 0 Å². The van der Waals surface area contributed by atoms with Crippen molar-refractivity contribution < 1.29 is 9.18 Å². The molecule has 6 heteroatoms. The van der Waals surface area contributed by atoms with E-state index in [4.69, 9.17) is 5.26 Å². The summed E-state index contributed by atoms with van der Waals surface area (Å²) in [5.74, 6) is -0.495. The molecule has 0 aromatic heterocycles. The van der Waals surface area contributed by atoms with E-state index in [1.54, 1.807) is 4.90 Å². The summed E-state index contributed by atoms with van der Waals surface area (Å²) in [6.07, 6.45) is 0.884. The summed E-state index contributed by atoms with van der Waals surface area (Å²) in [4.78, 5) is 16.6. The van der Waals surface area contributed by atoms with Gasteiger partial charge >= 0.3 is 6.03 Å². The van der Waals surface area contributed by atoms with E-state index in [-0.39, 0.29) is 11.6 Å². The molecule has 2 amide bonds. The maximum atomic E-state index is 13.2. The van der Waals surface area contributed by atoms with Crippen LogP contribution in [0.3, 0.4) is 0 Å². The summed E-state index contributed by atoms with van der Waals surface area (Å²) in [5, 5.41) is 11.8. The molecule has 0 atom stereocenters. The van der Waals surface area contributed by atoms with Crippen LogP contribution in [0.15, 0.2) is 48.5 Å². The first-order chi connectivity index (χ1) is 12.7. The number of rotatable bonds is 3. The van der Waals surface area contributed by atoms with E-state index in [1.165, 1.54) is 17.7 Å². The van der Waals surface area contributed by atoms with Gasteiger partial charge in [-0.25, -0.2) is 9.18 Å². The van der Waals surface area contributed by atoms with Gasteiger partial charge in [0.05, 0.1) is 11.3 Å². The van der Waals surface area contributed by atoms with Crippen LogP contribution in [0, 0.1) is 17.1 Å². The lowest BCUT2D eigenvalue weighted by Crippen LogP contribution is -2.38. The molecule has 5 nitrogen and oxygen atoms in total. The van der Waals surface area contributed by atoms with E-state index in [0.717, 1.165) is 32.1 Å². The maximum Gasteiger partial charge on any atom is 0.321 e. The third-order valence-electron chi connectivity index (χ3n) is 4.47. The number of nitrogens with one attached hydrogen (secondary N) is 1. The number of carbonyl (C=O) groups excluding carboxylic acids is 1. The number of halogens is 1. The lowest BCUT2D eigenvalue weighted by Gasteiger charge is -2.22. The Hall–Kier alpha value is -2.91. The van der Waals surface area contributed by atoms with Gasteiger partial charge in [-0.1, -0.05) is 30.3 Å². The number of nitriles is 1. The van der Waals surface area contributed by atoms with Crippen molar-refractivity contribution in [3.05, 3.63) is 65.5 Å². The predicted octanol–water partition coefficient (Wildman–Crippen LogP) is 3.44. The molecule has 0 unspecified atom stereocenters. The Morgan fingerprint density at radius 2 is 1.92 bits per heavy atom. The first-order valence-electron chi connectivity index (χ1n) is 8.67. The largest absolute Gasteiger partial charge is 0.323 e. The zero-order chi connectivity index (χ0) is 18.4. The number of hydrogen-bond acceptors (Lipinski definition) is 3. The van der Waals surface area contributed by atoms with E-state index in [1.807, 2.05) is 24.3 Å². The summed E-state index contributed by atoms with van der Waals surface area (Å²) in [6, 6.07) is 15.7. The van der Waals surface area contributed by atoms with Gasteiger partial charge in [-0.2, -0.15) is 5.26 Å². The van der Waals surface area contributed by atoms with Crippen LogP contribution in [-0.4, -0.2) is 42.0 Å². The van der Waals surface area contributed by atoms with Crippen molar-refractivity contribution in [2.24, 2.45) is 0 Å². The molecule has 0 radical (unpaired) electrons. The summed E-state index contributed by atoms with van der Waals surface area (Å²) >= 11 is 0. The molecule has 3 rings (SSSR count). The second-order valence-corrected chi connectivity index (χ2v) is 6.33. The van der Waals surface area contributed by atoms with Crippen LogP contribution in [-0.2, 0) is 6.54 Å². The van der Waals surface area contributed by atoms with Crippen LogP contribution in [0.1, 0.15) is 17.5 Å². The highest BCUT2D eigenvalue weighted by atomic mass is 19.1. The molecular weight excluding hydrogens is 331 g/mol. The molecule has 1 heterocycles. The second-order valence-electron chi connectivity index (χ2n) is 6.33. The third-order valence-corrected chi connectivity index (χ3v) is 4.47. The first-order valence-corrected chi connectivity index (χ1v) is 8.67. The van der Waals surface area contributed by atoms with Gasteiger partial charge in [0, 0.05) is 32.7 Å². The predicted molar refractivity (Wildman–Crippen MR) is 98.0 cm³/mol. The minimum atomic E-state index is -0.495. The Morgan fingerprint density at radius 3 is 2.69 bits per heavy atom. The van der Waals surface area contributed by atoms with Crippen molar-refractivity contribution in [3.63, 3.8) is 0 Å². The van der Waals surface area contributed by atoms with E-state index >= 15 is 0 Å². The zero-order valence-electron chi connectivity index (χ0n) is 14.5. The number of urea groups is 1. The molecule has 1 saturated heterocycles. The molecular formula is C20H21FN4O. The minimum Gasteiger partial charge on any atom is -0.323 e. The smallest absolute Gasteiger partial charge is 0.321 e. The van der Waals surface area contributed by atoms with Crippen LogP contribution in [0.2, 0.25) is 0 Å². The van der Waals surface area contributed by atoms with Crippen molar-refractivity contribution in [3.8, 4) is 6.07 Å². The molecule has 0 bridgehead atoms. The molecule has 1 N–H and O–H groups in total. The molecule has 2 aromatic rings. The molecule has 0 spiro atoms. The molecule has 26 heavy (non-hydrogen) atoms. The summed E-state index contributed by atoms with van der Waals surface area (Å²) < 4.78 is 13.2. The lowest BCUT2D eigenvalue weighted by molar-refractivity contribution is 0.211. The molecule has 1 fully saturated rings. The highest BCUT2D eigenvalue weighted by molar-refractivity contribution is 5.90. The average Bonchev–Trinajstić information content (AvgIpc) is 2.89. The van der Waals surface area contributed by atoms with E-state index in [0.29, 0.717) is 18.8 Å². The summed E-state index contributed by atoms with van der Waals surface area (Å²) in [5.41, 5.74) is 1.72. The molecule has 0 saturated carbocycles.